The molecular weight excluding hydrogens is 160 g/mol. The lowest BCUT2D eigenvalue weighted by Crippen LogP contribution is -2.27. The Morgan fingerprint density at radius 1 is 1.31 bits per heavy atom. The lowest BCUT2D eigenvalue weighted by atomic mass is 9.95. The molecule has 1 aromatic rings. The monoisotopic (exact) mass is 178 g/mol. The lowest BCUT2D eigenvalue weighted by Gasteiger charge is -2.19. The molecule has 1 rings (SSSR count). The highest BCUT2D eigenvalue weighted by Crippen LogP contribution is 2.17. The Kier molecular flexibility index (Phi) is 3.93. The Hall–Kier alpha value is -0.860. The van der Waals surface area contributed by atoms with Gasteiger partial charge in [-0.15, -0.1) is 0 Å². The molecule has 0 heterocycles. The molecule has 72 valence electrons. The Bertz CT molecular complexity index is 233. The Labute approximate surface area is 80.1 Å². The first-order chi connectivity index (χ1) is 6.25. The van der Waals surface area contributed by atoms with Gasteiger partial charge in [-0.25, -0.2) is 0 Å². The van der Waals surface area contributed by atoms with E-state index in [1.54, 1.807) is 0 Å². The van der Waals surface area contributed by atoms with E-state index in [2.05, 4.69) is 24.4 Å². The number of rotatable bonds is 4. The molecule has 1 aromatic carbocycles. The molecule has 0 amide bonds. The van der Waals surface area contributed by atoms with Gasteiger partial charge in [0.25, 0.3) is 0 Å². The number of hydrogen-bond acceptors (Lipinski definition) is 2. The van der Waals surface area contributed by atoms with Gasteiger partial charge in [0.15, 0.2) is 0 Å². The maximum atomic E-state index is 6.08. The van der Waals surface area contributed by atoms with Crippen molar-refractivity contribution in [2.24, 2.45) is 11.7 Å². The van der Waals surface area contributed by atoms with Gasteiger partial charge in [0.05, 0.1) is 0 Å². The van der Waals surface area contributed by atoms with Crippen LogP contribution < -0.4 is 11.1 Å². The summed E-state index contributed by atoms with van der Waals surface area (Å²) in [5, 5.41) is 3.14. The molecule has 0 unspecified atom stereocenters. The highest BCUT2D eigenvalue weighted by molar-refractivity contribution is 5.18. The molecule has 0 aliphatic carbocycles. The summed E-state index contributed by atoms with van der Waals surface area (Å²) in [5.74, 6) is 0.465. The summed E-state index contributed by atoms with van der Waals surface area (Å²) < 4.78 is 0. The summed E-state index contributed by atoms with van der Waals surface area (Å²) in [6.45, 7) is 3.12. The van der Waals surface area contributed by atoms with Crippen molar-refractivity contribution in [3.05, 3.63) is 35.9 Å². The molecule has 0 spiro atoms. The minimum absolute atomic E-state index is 0.133. The van der Waals surface area contributed by atoms with Crippen LogP contribution in [0.15, 0.2) is 30.3 Å². The minimum Gasteiger partial charge on any atom is -0.324 e. The van der Waals surface area contributed by atoms with Crippen LogP contribution in [0.1, 0.15) is 18.5 Å². The van der Waals surface area contributed by atoms with Crippen LogP contribution in [0.5, 0.6) is 0 Å². The average molecular weight is 178 g/mol. The predicted molar refractivity (Wildman–Crippen MR) is 56.5 cm³/mol. The fraction of sp³-hybridized carbons (Fsp3) is 0.455. The molecule has 2 heteroatoms. The highest BCUT2D eigenvalue weighted by atomic mass is 14.8. The van der Waals surface area contributed by atoms with E-state index in [-0.39, 0.29) is 6.04 Å². The van der Waals surface area contributed by atoms with Gasteiger partial charge < -0.3 is 11.1 Å². The van der Waals surface area contributed by atoms with Crippen molar-refractivity contribution in [3.8, 4) is 0 Å². The van der Waals surface area contributed by atoms with E-state index in [0.29, 0.717) is 5.92 Å². The fourth-order valence-corrected chi connectivity index (χ4v) is 1.45. The van der Waals surface area contributed by atoms with Crippen LogP contribution >= 0.6 is 0 Å². The SMILES string of the molecule is CNC[C@H](C)[C@H](N)c1ccccc1. The van der Waals surface area contributed by atoms with E-state index in [9.17, 15) is 0 Å². The molecule has 0 fully saturated rings. The van der Waals surface area contributed by atoms with Gasteiger partial charge >= 0.3 is 0 Å². The number of hydrogen-bond donors (Lipinski definition) is 2. The predicted octanol–water partition coefficient (Wildman–Crippen LogP) is 1.54. The van der Waals surface area contributed by atoms with Gasteiger partial charge in [0.2, 0.25) is 0 Å². The molecule has 0 aliphatic rings. The largest absolute Gasteiger partial charge is 0.324 e. The lowest BCUT2D eigenvalue weighted by molar-refractivity contribution is 0.451. The molecule has 13 heavy (non-hydrogen) atoms. The third kappa shape index (κ3) is 2.83. The van der Waals surface area contributed by atoms with E-state index in [1.165, 1.54) is 5.56 Å². The van der Waals surface area contributed by atoms with Crippen LogP contribution in [0.4, 0.5) is 0 Å². The second-order valence-corrected chi connectivity index (χ2v) is 3.47. The molecule has 0 aliphatic heterocycles. The van der Waals surface area contributed by atoms with Crippen molar-refractivity contribution in [2.45, 2.75) is 13.0 Å². The zero-order chi connectivity index (χ0) is 9.68. The first-order valence-corrected chi connectivity index (χ1v) is 4.71. The van der Waals surface area contributed by atoms with E-state index < -0.39 is 0 Å². The molecule has 0 bridgehead atoms. The van der Waals surface area contributed by atoms with Crippen LogP contribution in [-0.4, -0.2) is 13.6 Å². The number of nitrogens with one attached hydrogen (secondary N) is 1. The van der Waals surface area contributed by atoms with Crippen molar-refractivity contribution in [3.63, 3.8) is 0 Å². The third-order valence-electron chi connectivity index (χ3n) is 2.32. The summed E-state index contributed by atoms with van der Waals surface area (Å²) in [4.78, 5) is 0. The molecule has 0 aromatic heterocycles. The Balaban J connectivity index is 2.62. The molecule has 0 saturated heterocycles. The van der Waals surface area contributed by atoms with Gasteiger partial charge in [-0.1, -0.05) is 37.3 Å². The summed E-state index contributed by atoms with van der Waals surface area (Å²) >= 11 is 0. The Morgan fingerprint density at radius 3 is 2.46 bits per heavy atom. The number of nitrogens with two attached hydrogens (primary N) is 1. The van der Waals surface area contributed by atoms with Gasteiger partial charge in [0.1, 0.15) is 0 Å². The van der Waals surface area contributed by atoms with Crippen molar-refractivity contribution >= 4 is 0 Å². The second-order valence-electron chi connectivity index (χ2n) is 3.47. The van der Waals surface area contributed by atoms with Gasteiger partial charge in [-0.2, -0.15) is 0 Å². The van der Waals surface area contributed by atoms with Crippen LogP contribution in [0.2, 0.25) is 0 Å². The zero-order valence-electron chi connectivity index (χ0n) is 8.33. The van der Waals surface area contributed by atoms with Crippen LogP contribution in [-0.2, 0) is 0 Å². The summed E-state index contributed by atoms with van der Waals surface area (Å²) in [7, 11) is 1.95. The van der Waals surface area contributed by atoms with Gasteiger partial charge in [0, 0.05) is 6.04 Å². The van der Waals surface area contributed by atoms with E-state index >= 15 is 0 Å². The second kappa shape index (κ2) is 5.00. The highest BCUT2D eigenvalue weighted by Gasteiger charge is 2.12. The maximum Gasteiger partial charge on any atom is 0.0333 e. The first kappa shape index (κ1) is 10.2. The third-order valence-corrected chi connectivity index (χ3v) is 2.32. The first-order valence-electron chi connectivity index (χ1n) is 4.71. The Morgan fingerprint density at radius 2 is 1.92 bits per heavy atom. The van der Waals surface area contributed by atoms with E-state index in [4.69, 9.17) is 5.73 Å². The normalized spacial score (nSPS) is 15.3. The molecule has 0 radical (unpaired) electrons. The molecule has 0 saturated carbocycles. The summed E-state index contributed by atoms with van der Waals surface area (Å²) in [5.41, 5.74) is 7.30. The van der Waals surface area contributed by atoms with Crippen molar-refractivity contribution in [2.75, 3.05) is 13.6 Å². The molecule has 2 atom stereocenters. The van der Waals surface area contributed by atoms with Crippen LogP contribution in [0, 0.1) is 5.92 Å². The average Bonchev–Trinajstić information content (AvgIpc) is 2.18. The van der Waals surface area contributed by atoms with Crippen molar-refractivity contribution in [1.29, 1.82) is 0 Å². The molecule has 2 nitrogen and oxygen atoms in total. The molecular formula is C11H18N2. The van der Waals surface area contributed by atoms with Crippen LogP contribution in [0.3, 0.4) is 0 Å². The smallest absolute Gasteiger partial charge is 0.0333 e. The summed E-state index contributed by atoms with van der Waals surface area (Å²) in [6.07, 6.45) is 0. The maximum absolute atomic E-state index is 6.08. The van der Waals surface area contributed by atoms with E-state index in [1.807, 2.05) is 25.2 Å². The topological polar surface area (TPSA) is 38.0 Å². The van der Waals surface area contributed by atoms with E-state index in [0.717, 1.165) is 6.54 Å². The van der Waals surface area contributed by atoms with Crippen molar-refractivity contribution in [1.82, 2.24) is 5.32 Å². The minimum atomic E-state index is 0.133. The van der Waals surface area contributed by atoms with Crippen molar-refractivity contribution < 1.29 is 0 Å². The van der Waals surface area contributed by atoms with Gasteiger partial charge in [-0.05, 0) is 25.1 Å². The fourth-order valence-electron chi connectivity index (χ4n) is 1.45. The van der Waals surface area contributed by atoms with Gasteiger partial charge in [-0.3, -0.25) is 0 Å². The quantitative estimate of drug-likeness (QED) is 0.734. The molecule has 3 N–H and O–H groups in total. The summed E-state index contributed by atoms with van der Waals surface area (Å²) in [6, 6.07) is 10.4. The number of benzene rings is 1. The standard InChI is InChI=1S/C11H18N2/c1-9(8-13-2)11(12)10-6-4-3-5-7-10/h3-7,9,11,13H,8,12H2,1-2H3/t9-,11-/m0/s1. The van der Waals surface area contributed by atoms with Crippen LogP contribution in [0.25, 0.3) is 0 Å². The zero-order valence-corrected chi connectivity index (χ0v) is 8.33.